The number of nitrogens with zero attached hydrogens (tertiary/aromatic N) is 1. The van der Waals surface area contributed by atoms with E-state index in [2.05, 4.69) is 22.6 Å². The number of furan rings is 1. The monoisotopic (exact) mass is 417 g/mol. The predicted molar refractivity (Wildman–Crippen MR) is 97.9 cm³/mol. The highest BCUT2D eigenvalue weighted by atomic mass is 127. The first-order valence-electron chi connectivity index (χ1n) is 7.35. The Hall–Kier alpha value is -2.08. The van der Waals surface area contributed by atoms with Gasteiger partial charge in [-0.05, 0) is 45.9 Å². The molecule has 116 valence electrons. The van der Waals surface area contributed by atoms with E-state index in [-0.39, 0.29) is 5.91 Å². The lowest BCUT2D eigenvalue weighted by molar-refractivity contribution is 0.0696. The van der Waals surface area contributed by atoms with Crippen molar-refractivity contribution in [1.82, 2.24) is 4.90 Å². The van der Waals surface area contributed by atoms with E-state index >= 15 is 0 Å². The molecule has 0 saturated heterocycles. The number of carbonyl (C=O) groups is 1. The molecule has 0 spiro atoms. The molecule has 23 heavy (non-hydrogen) atoms. The summed E-state index contributed by atoms with van der Waals surface area (Å²) in [5.74, 6) is 0.280. The molecule has 1 aromatic heterocycles. The highest BCUT2D eigenvalue weighted by Crippen LogP contribution is 2.17. The minimum Gasteiger partial charge on any atom is -0.445 e. The molecule has 1 amide bonds. The zero-order chi connectivity index (χ0) is 16.1. The number of hydrogen-bond acceptors (Lipinski definition) is 2. The van der Waals surface area contributed by atoms with E-state index in [0.29, 0.717) is 22.6 Å². The van der Waals surface area contributed by atoms with Gasteiger partial charge >= 0.3 is 0 Å². The van der Waals surface area contributed by atoms with Crippen LogP contribution in [0.15, 0.2) is 77.2 Å². The Balaban J connectivity index is 1.84. The minimum absolute atomic E-state index is 0.0966. The SMILES string of the molecule is O=C(c1ccc(I)o1)N(Cc1ccccc1)Cc1ccccc1. The summed E-state index contributed by atoms with van der Waals surface area (Å²) >= 11 is 2.07. The Morgan fingerprint density at radius 1 is 0.826 bits per heavy atom. The Morgan fingerprint density at radius 3 is 1.78 bits per heavy atom. The molecule has 2 aromatic carbocycles. The number of benzene rings is 2. The van der Waals surface area contributed by atoms with Crippen LogP contribution in [0, 0.1) is 3.77 Å². The molecule has 0 bridgehead atoms. The van der Waals surface area contributed by atoms with Crippen LogP contribution in [0.3, 0.4) is 0 Å². The number of amides is 1. The second kappa shape index (κ2) is 7.46. The van der Waals surface area contributed by atoms with Crippen LogP contribution in [-0.2, 0) is 13.1 Å². The molecule has 3 nitrogen and oxygen atoms in total. The standard InChI is InChI=1S/C19H16INO2/c20-18-12-11-17(23-18)19(22)21(13-15-7-3-1-4-8-15)14-16-9-5-2-6-10-16/h1-12H,13-14H2. The molecule has 0 saturated carbocycles. The Kier molecular flexibility index (Phi) is 5.12. The van der Waals surface area contributed by atoms with Crippen molar-refractivity contribution < 1.29 is 9.21 Å². The molecule has 3 rings (SSSR count). The van der Waals surface area contributed by atoms with Gasteiger partial charge in [0, 0.05) is 13.1 Å². The Bertz CT molecular complexity index is 727. The van der Waals surface area contributed by atoms with Gasteiger partial charge in [0.15, 0.2) is 9.53 Å². The fourth-order valence-corrected chi connectivity index (χ4v) is 2.81. The molecule has 0 N–H and O–H groups in total. The fraction of sp³-hybridized carbons (Fsp3) is 0.105. The molecule has 0 aliphatic rings. The largest absolute Gasteiger partial charge is 0.445 e. The van der Waals surface area contributed by atoms with Crippen molar-refractivity contribution in [3.05, 3.63) is 93.5 Å². The molecule has 0 aliphatic heterocycles. The summed E-state index contributed by atoms with van der Waals surface area (Å²) in [6, 6.07) is 23.5. The fourth-order valence-electron chi connectivity index (χ4n) is 2.39. The van der Waals surface area contributed by atoms with E-state index in [1.807, 2.05) is 60.7 Å². The maximum absolute atomic E-state index is 12.8. The van der Waals surface area contributed by atoms with Gasteiger partial charge in [-0.3, -0.25) is 4.79 Å². The van der Waals surface area contributed by atoms with Crippen LogP contribution in [0.5, 0.6) is 0 Å². The highest BCUT2D eigenvalue weighted by Gasteiger charge is 2.19. The van der Waals surface area contributed by atoms with E-state index in [4.69, 9.17) is 4.42 Å². The van der Waals surface area contributed by atoms with Crippen LogP contribution < -0.4 is 0 Å². The topological polar surface area (TPSA) is 33.5 Å². The summed E-state index contributed by atoms with van der Waals surface area (Å²) in [6.45, 7) is 1.09. The molecule has 0 aliphatic carbocycles. The van der Waals surface area contributed by atoms with E-state index < -0.39 is 0 Å². The van der Waals surface area contributed by atoms with Crippen LogP contribution in [0.2, 0.25) is 0 Å². The Morgan fingerprint density at radius 2 is 1.35 bits per heavy atom. The predicted octanol–water partition coefficient (Wildman–Crippen LogP) is 4.73. The van der Waals surface area contributed by atoms with Crippen molar-refractivity contribution in [2.75, 3.05) is 0 Å². The summed E-state index contributed by atoms with van der Waals surface area (Å²) in [5, 5.41) is 0. The van der Waals surface area contributed by atoms with Gasteiger partial charge in [-0.1, -0.05) is 60.7 Å². The van der Waals surface area contributed by atoms with Gasteiger partial charge in [0.1, 0.15) is 0 Å². The van der Waals surface area contributed by atoms with Gasteiger partial charge in [-0.25, -0.2) is 0 Å². The third kappa shape index (κ3) is 4.22. The second-order valence-electron chi connectivity index (χ2n) is 5.24. The normalized spacial score (nSPS) is 10.5. The van der Waals surface area contributed by atoms with Crippen LogP contribution in [-0.4, -0.2) is 10.8 Å². The van der Waals surface area contributed by atoms with Crippen LogP contribution >= 0.6 is 22.6 Å². The molecule has 0 fully saturated rings. The number of carbonyl (C=O) groups excluding carboxylic acids is 1. The van der Waals surface area contributed by atoms with Crippen LogP contribution in [0.25, 0.3) is 0 Å². The lowest BCUT2D eigenvalue weighted by atomic mass is 10.1. The highest BCUT2D eigenvalue weighted by molar-refractivity contribution is 14.1. The molecule has 0 unspecified atom stereocenters. The summed E-state index contributed by atoms with van der Waals surface area (Å²) in [6.07, 6.45) is 0. The van der Waals surface area contributed by atoms with E-state index in [1.165, 1.54) is 0 Å². The van der Waals surface area contributed by atoms with Crippen molar-refractivity contribution >= 4 is 28.5 Å². The first kappa shape index (κ1) is 15.8. The first-order chi connectivity index (χ1) is 11.2. The molecular formula is C19H16INO2. The minimum atomic E-state index is -0.0966. The zero-order valence-electron chi connectivity index (χ0n) is 12.5. The lowest BCUT2D eigenvalue weighted by Crippen LogP contribution is -2.29. The maximum Gasteiger partial charge on any atom is 0.290 e. The third-order valence-electron chi connectivity index (χ3n) is 3.50. The van der Waals surface area contributed by atoms with Gasteiger partial charge in [-0.2, -0.15) is 0 Å². The quantitative estimate of drug-likeness (QED) is 0.563. The second-order valence-corrected chi connectivity index (χ2v) is 6.30. The van der Waals surface area contributed by atoms with Gasteiger partial charge in [-0.15, -0.1) is 0 Å². The van der Waals surface area contributed by atoms with Crippen molar-refractivity contribution in [3.63, 3.8) is 0 Å². The zero-order valence-corrected chi connectivity index (χ0v) is 14.6. The van der Waals surface area contributed by atoms with Gasteiger partial charge in [0.2, 0.25) is 0 Å². The number of hydrogen-bond donors (Lipinski definition) is 0. The summed E-state index contributed by atoms with van der Waals surface area (Å²) < 4.78 is 6.21. The summed E-state index contributed by atoms with van der Waals surface area (Å²) in [7, 11) is 0. The number of rotatable bonds is 5. The van der Waals surface area contributed by atoms with E-state index in [0.717, 1.165) is 11.1 Å². The third-order valence-corrected chi connectivity index (χ3v) is 4.08. The molecule has 0 radical (unpaired) electrons. The molecule has 3 aromatic rings. The lowest BCUT2D eigenvalue weighted by Gasteiger charge is -2.22. The molecular weight excluding hydrogens is 401 g/mol. The van der Waals surface area contributed by atoms with Crippen molar-refractivity contribution in [2.45, 2.75) is 13.1 Å². The van der Waals surface area contributed by atoms with Gasteiger partial charge < -0.3 is 9.32 Å². The van der Waals surface area contributed by atoms with Crippen LogP contribution in [0.4, 0.5) is 0 Å². The van der Waals surface area contributed by atoms with E-state index in [1.54, 1.807) is 17.0 Å². The molecule has 1 heterocycles. The van der Waals surface area contributed by atoms with Crippen molar-refractivity contribution in [1.29, 1.82) is 0 Å². The maximum atomic E-state index is 12.8. The average molecular weight is 417 g/mol. The average Bonchev–Trinajstić information content (AvgIpc) is 3.02. The summed E-state index contributed by atoms with van der Waals surface area (Å²) in [4.78, 5) is 14.6. The summed E-state index contributed by atoms with van der Waals surface area (Å²) in [5.41, 5.74) is 2.19. The first-order valence-corrected chi connectivity index (χ1v) is 8.43. The van der Waals surface area contributed by atoms with Crippen molar-refractivity contribution in [3.8, 4) is 0 Å². The smallest absolute Gasteiger partial charge is 0.290 e. The van der Waals surface area contributed by atoms with Crippen LogP contribution in [0.1, 0.15) is 21.7 Å². The van der Waals surface area contributed by atoms with Gasteiger partial charge in [0.25, 0.3) is 5.91 Å². The van der Waals surface area contributed by atoms with Gasteiger partial charge in [0.05, 0.1) is 0 Å². The molecule has 0 atom stereocenters. The molecule has 4 heteroatoms. The van der Waals surface area contributed by atoms with Crippen molar-refractivity contribution in [2.24, 2.45) is 0 Å². The number of halogens is 1. The Labute approximate surface area is 149 Å². The van der Waals surface area contributed by atoms with E-state index in [9.17, 15) is 4.79 Å².